The van der Waals surface area contributed by atoms with Crippen LogP contribution in [-0.2, 0) is 0 Å². The molecule has 0 N–H and O–H groups in total. The molecule has 1 aromatic heterocycles. The molecular formula is C61H38S. The minimum absolute atomic E-state index is 0.00150. The van der Waals surface area contributed by atoms with Gasteiger partial charge in [0.15, 0.2) is 0 Å². The van der Waals surface area contributed by atoms with Crippen LogP contribution in [0.3, 0.4) is 0 Å². The maximum absolute atomic E-state index is 2.47. The highest BCUT2D eigenvalue weighted by atomic mass is 32.1. The minimum Gasteiger partial charge on any atom is -0.135 e. The zero-order chi connectivity index (χ0) is 40.7. The Morgan fingerprint density at radius 3 is 1.40 bits per heavy atom. The van der Waals surface area contributed by atoms with Gasteiger partial charge in [-0.05, 0) is 134 Å². The van der Waals surface area contributed by atoms with Gasteiger partial charge in [0.1, 0.15) is 0 Å². The summed E-state index contributed by atoms with van der Waals surface area (Å²) < 4.78 is 2.65. The van der Waals surface area contributed by atoms with E-state index >= 15 is 0 Å². The van der Waals surface area contributed by atoms with E-state index in [2.05, 4.69) is 224 Å². The van der Waals surface area contributed by atoms with E-state index in [4.69, 9.17) is 0 Å². The molecular weight excluding hydrogens is 765 g/mol. The van der Waals surface area contributed by atoms with E-state index in [0.29, 0.717) is 0 Å². The summed E-state index contributed by atoms with van der Waals surface area (Å²) in [4.78, 5) is 0. The third-order valence-corrected chi connectivity index (χ3v) is 14.5. The Bertz CT molecular complexity index is 3920. The Morgan fingerprint density at radius 2 is 0.742 bits per heavy atom. The number of fused-ring (bicyclic) bond motifs is 11. The lowest BCUT2D eigenvalue weighted by atomic mass is 9.80. The van der Waals surface area contributed by atoms with Gasteiger partial charge in [-0.3, -0.25) is 0 Å². The van der Waals surface area contributed by atoms with Crippen LogP contribution < -0.4 is 0 Å². The Balaban J connectivity index is 1.02. The summed E-state index contributed by atoms with van der Waals surface area (Å²) in [5.74, 6) is -0.00150. The van der Waals surface area contributed by atoms with Crippen molar-refractivity contribution in [2.24, 2.45) is 0 Å². The van der Waals surface area contributed by atoms with Gasteiger partial charge in [-0.2, -0.15) is 0 Å². The van der Waals surface area contributed by atoms with E-state index in [9.17, 15) is 0 Å². The van der Waals surface area contributed by atoms with Crippen LogP contribution in [0.25, 0.3) is 107 Å². The van der Waals surface area contributed by atoms with Gasteiger partial charge in [0, 0.05) is 26.1 Å². The Kier molecular flexibility index (Phi) is 7.95. The van der Waals surface area contributed by atoms with E-state index in [1.165, 1.54) is 124 Å². The van der Waals surface area contributed by atoms with Crippen molar-refractivity contribution in [3.05, 3.63) is 241 Å². The average Bonchev–Trinajstić information content (AvgIpc) is 3.69. The lowest BCUT2D eigenvalue weighted by molar-refractivity contribution is 0.993. The van der Waals surface area contributed by atoms with Crippen molar-refractivity contribution >= 4 is 96.1 Å². The first-order valence-electron chi connectivity index (χ1n) is 21.5. The lowest BCUT2D eigenvalue weighted by Crippen LogP contribution is -2.05. The first-order valence-corrected chi connectivity index (χ1v) is 22.3. The maximum Gasteiger partial charge on any atom is 0.0361 e. The Labute approximate surface area is 363 Å². The second kappa shape index (κ2) is 14.0. The fourth-order valence-corrected chi connectivity index (χ4v) is 11.6. The van der Waals surface area contributed by atoms with Gasteiger partial charge in [0.05, 0.1) is 0 Å². The van der Waals surface area contributed by atoms with E-state index < -0.39 is 0 Å². The number of hydrogen-bond acceptors (Lipinski definition) is 1. The van der Waals surface area contributed by atoms with Crippen LogP contribution in [-0.4, -0.2) is 0 Å². The molecule has 288 valence electrons. The van der Waals surface area contributed by atoms with Crippen LogP contribution in [0.15, 0.2) is 224 Å². The first-order chi connectivity index (χ1) is 30.7. The summed E-state index contributed by atoms with van der Waals surface area (Å²) in [6.07, 6.45) is 0. The quantitative estimate of drug-likeness (QED) is 0.120. The predicted octanol–water partition coefficient (Wildman–Crippen LogP) is 17.5. The van der Waals surface area contributed by atoms with Gasteiger partial charge in [-0.25, -0.2) is 0 Å². The topological polar surface area (TPSA) is 0 Å². The monoisotopic (exact) mass is 802 g/mol. The molecule has 0 aliphatic carbocycles. The molecule has 1 heteroatoms. The van der Waals surface area contributed by atoms with Crippen LogP contribution in [0.5, 0.6) is 0 Å². The van der Waals surface area contributed by atoms with Gasteiger partial charge in [0.2, 0.25) is 0 Å². The van der Waals surface area contributed by atoms with Gasteiger partial charge in [0.25, 0.3) is 0 Å². The molecule has 13 aromatic rings. The van der Waals surface area contributed by atoms with Crippen LogP contribution in [0.4, 0.5) is 0 Å². The zero-order valence-corrected chi connectivity index (χ0v) is 34.7. The number of hydrogen-bond donors (Lipinski definition) is 0. The van der Waals surface area contributed by atoms with E-state index in [0.717, 1.165) is 0 Å². The average molecular weight is 803 g/mol. The van der Waals surface area contributed by atoms with Crippen molar-refractivity contribution in [3.63, 3.8) is 0 Å². The highest BCUT2D eigenvalue weighted by Gasteiger charge is 2.23. The van der Waals surface area contributed by atoms with Crippen molar-refractivity contribution < 1.29 is 0 Å². The van der Waals surface area contributed by atoms with Gasteiger partial charge in [-0.1, -0.05) is 194 Å². The number of benzene rings is 12. The maximum atomic E-state index is 2.47. The molecule has 12 aromatic carbocycles. The van der Waals surface area contributed by atoms with Gasteiger partial charge in [-0.15, -0.1) is 11.3 Å². The number of thiophene rings is 1. The third kappa shape index (κ3) is 5.52. The SMILES string of the molecule is c1ccc2cc3c(cc2c1)sc1cc(C(c2ccc(-c4cc5ccccc5c5ccccc45)cc2)c2ccc(-c4cc5ccccc5c5ccccc45)c4ccccc24)ccc13. The molecule has 0 saturated carbocycles. The fraction of sp³-hybridized carbons (Fsp3) is 0.0164. The fourth-order valence-electron chi connectivity index (χ4n) is 10.4. The van der Waals surface area contributed by atoms with Crippen LogP contribution in [0.1, 0.15) is 22.6 Å². The molecule has 0 aliphatic heterocycles. The summed E-state index contributed by atoms with van der Waals surface area (Å²) in [6.45, 7) is 0. The first kappa shape index (κ1) is 35.2. The zero-order valence-electron chi connectivity index (χ0n) is 33.8. The minimum atomic E-state index is -0.00150. The highest BCUT2D eigenvalue weighted by Crippen LogP contribution is 2.45. The summed E-state index contributed by atoms with van der Waals surface area (Å²) >= 11 is 1.91. The van der Waals surface area contributed by atoms with Crippen molar-refractivity contribution in [1.82, 2.24) is 0 Å². The third-order valence-electron chi connectivity index (χ3n) is 13.3. The van der Waals surface area contributed by atoms with Crippen molar-refractivity contribution in [3.8, 4) is 22.3 Å². The van der Waals surface area contributed by atoms with Crippen molar-refractivity contribution in [2.45, 2.75) is 5.92 Å². The van der Waals surface area contributed by atoms with Gasteiger partial charge < -0.3 is 0 Å². The molecule has 0 amide bonds. The standard InChI is InChI=1S/C61H38S/c1-2-14-41-36-60-58(33-40(41)13-1)54-30-29-44(37-59(54)62-60)61(39-27-25-38(26-28-39)56-34-42-15-3-5-17-45(42)47-19-7-11-23-51(47)56)55-32-31-53(49-21-9-10-22-50(49)55)57-35-43-16-4-6-18-46(43)48-20-8-12-24-52(48)57/h1-37,61H. The molecule has 0 radical (unpaired) electrons. The summed E-state index contributed by atoms with van der Waals surface area (Å²) in [6, 6.07) is 84.0. The molecule has 0 spiro atoms. The molecule has 0 bridgehead atoms. The number of rotatable bonds is 5. The van der Waals surface area contributed by atoms with Crippen molar-refractivity contribution in [2.75, 3.05) is 0 Å². The van der Waals surface area contributed by atoms with E-state index in [1.807, 2.05) is 11.3 Å². The molecule has 13 rings (SSSR count). The van der Waals surface area contributed by atoms with Gasteiger partial charge >= 0.3 is 0 Å². The molecule has 1 atom stereocenters. The summed E-state index contributed by atoms with van der Waals surface area (Å²) in [5, 5.41) is 18.0. The Morgan fingerprint density at radius 1 is 0.258 bits per heavy atom. The van der Waals surface area contributed by atoms with Crippen LogP contribution in [0, 0.1) is 0 Å². The molecule has 0 nitrogen and oxygen atoms in total. The molecule has 62 heavy (non-hydrogen) atoms. The summed E-state index contributed by atoms with van der Waals surface area (Å²) in [5.41, 5.74) is 8.90. The summed E-state index contributed by atoms with van der Waals surface area (Å²) in [7, 11) is 0. The predicted molar refractivity (Wildman–Crippen MR) is 269 cm³/mol. The van der Waals surface area contributed by atoms with Crippen LogP contribution in [0.2, 0.25) is 0 Å². The van der Waals surface area contributed by atoms with Crippen LogP contribution >= 0.6 is 11.3 Å². The molecule has 0 aliphatic rings. The molecule has 1 unspecified atom stereocenters. The molecule has 0 saturated heterocycles. The van der Waals surface area contributed by atoms with E-state index in [1.54, 1.807) is 0 Å². The second-order valence-electron chi connectivity index (χ2n) is 16.7. The smallest absolute Gasteiger partial charge is 0.0361 e. The van der Waals surface area contributed by atoms with Crippen molar-refractivity contribution in [1.29, 1.82) is 0 Å². The molecule has 1 heterocycles. The normalized spacial score (nSPS) is 12.5. The molecule has 0 fully saturated rings. The Hall–Kier alpha value is -7.58. The second-order valence-corrected chi connectivity index (χ2v) is 17.8. The lowest BCUT2D eigenvalue weighted by Gasteiger charge is -2.23. The van der Waals surface area contributed by atoms with E-state index in [-0.39, 0.29) is 5.92 Å². The largest absolute Gasteiger partial charge is 0.135 e. The highest BCUT2D eigenvalue weighted by molar-refractivity contribution is 7.25.